The lowest BCUT2D eigenvalue weighted by atomic mass is 10.1. The van der Waals surface area contributed by atoms with Gasteiger partial charge in [-0.25, -0.2) is 13.2 Å². The second kappa shape index (κ2) is 7.21. The topological polar surface area (TPSA) is 60.0 Å². The first-order chi connectivity index (χ1) is 13.1. The fourth-order valence-electron chi connectivity index (χ4n) is 2.89. The van der Waals surface area contributed by atoms with Gasteiger partial charge in [0.25, 0.3) is 0 Å². The average molecular weight is 403 g/mol. The summed E-state index contributed by atoms with van der Waals surface area (Å²) < 4.78 is 79.6. The summed E-state index contributed by atoms with van der Waals surface area (Å²) >= 11 is 0. The molecule has 0 saturated heterocycles. The fraction of sp³-hybridized carbons (Fsp3) is 0.294. The average Bonchev–Trinajstić information content (AvgIpc) is 3.03. The lowest BCUT2D eigenvalue weighted by Gasteiger charge is -2.30. The number of fused-ring (bicyclic) bond motifs is 1. The van der Waals surface area contributed by atoms with E-state index in [9.17, 15) is 26.3 Å². The first-order valence-electron chi connectivity index (χ1n) is 8.09. The lowest BCUT2D eigenvalue weighted by molar-refractivity contribution is -0.147. The summed E-state index contributed by atoms with van der Waals surface area (Å²) in [6.45, 7) is 4.04. The molecule has 11 heteroatoms. The number of allylic oxidation sites excluding steroid dienone is 2. The quantitative estimate of drug-likeness (QED) is 0.484. The van der Waals surface area contributed by atoms with Crippen LogP contribution in [0.1, 0.15) is 17.2 Å². The molecule has 0 bridgehead atoms. The van der Waals surface area contributed by atoms with Gasteiger partial charge in [-0.2, -0.15) is 13.2 Å². The Morgan fingerprint density at radius 2 is 1.79 bits per heavy atom. The van der Waals surface area contributed by atoms with Crippen molar-refractivity contribution in [3.05, 3.63) is 70.8 Å². The Hall–Kier alpha value is -2.98. The summed E-state index contributed by atoms with van der Waals surface area (Å²) in [6, 6.07) is 1.15. The third-order valence-corrected chi connectivity index (χ3v) is 4.25. The molecule has 1 aliphatic heterocycles. The summed E-state index contributed by atoms with van der Waals surface area (Å²) in [4.78, 5) is 1.64. The summed E-state index contributed by atoms with van der Waals surface area (Å²) in [5, 5.41) is 6.75. The molecule has 0 unspecified atom stereocenters. The molecule has 0 fully saturated rings. The summed E-state index contributed by atoms with van der Waals surface area (Å²) in [6.07, 6.45) is -3.38. The third-order valence-electron chi connectivity index (χ3n) is 4.25. The number of aromatic nitrogens is 3. The molecule has 0 radical (unpaired) electrons. The molecular weight excluding hydrogens is 388 g/mol. The van der Waals surface area contributed by atoms with Crippen LogP contribution in [0.5, 0.6) is 0 Å². The van der Waals surface area contributed by atoms with Gasteiger partial charge in [0.05, 0.1) is 6.54 Å². The molecule has 0 amide bonds. The number of hydrogen-bond donors (Lipinski definition) is 1. The maximum absolute atomic E-state index is 13.7. The van der Waals surface area contributed by atoms with Gasteiger partial charge in [0.2, 0.25) is 5.82 Å². The van der Waals surface area contributed by atoms with Crippen molar-refractivity contribution in [1.82, 2.24) is 19.7 Å². The molecule has 0 atom stereocenters. The number of hydrogen-bond acceptors (Lipinski definition) is 4. The van der Waals surface area contributed by atoms with Gasteiger partial charge < -0.3 is 15.2 Å². The minimum absolute atomic E-state index is 0.00173. The van der Waals surface area contributed by atoms with Crippen molar-refractivity contribution in [2.75, 3.05) is 6.54 Å². The van der Waals surface area contributed by atoms with E-state index in [2.05, 4.69) is 16.8 Å². The number of nitrogens with zero attached hydrogens (tertiary/aromatic N) is 4. The van der Waals surface area contributed by atoms with Gasteiger partial charge in [-0.1, -0.05) is 6.58 Å². The molecule has 0 aliphatic carbocycles. The molecule has 1 aliphatic rings. The highest BCUT2D eigenvalue weighted by atomic mass is 19.4. The molecule has 3 rings (SSSR count). The first-order valence-corrected chi connectivity index (χ1v) is 8.09. The van der Waals surface area contributed by atoms with E-state index in [1.165, 1.54) is 6.08 Å². The second-order valence-electron chi connectivity index (χ2n) is 6.26. The van der Waals surface area contributed by atoms with Crippen molar-refractivity contribution in [3.63, 3.8) is 0 Å². The lowest BCUT2D eigenvalue weighted by Crippen LogP contribution is -2.34. The van der Waals surface area contributed by atoms with Crippen molar-refractivity contribution in [3.8, 4) is 0 Å². The normalized spacial score (nSPS) is 14.9. The zero-order chi connectivity index (χ0) is 20.6. The molecular formula is C17H15F6N5. The predicted molar refractivity (Wildman–Crippen MR) is 86.9 cm³/mol. The summed E-state index contributed by atoms with van der Waals surface area (Å²) in [5.74, 6) is -4.37. The Balaban J connectivity index is 1.71. The van der Waals surface area contributed by atoms with Gasteiger partial charge in [0.1, 0.15) is 5.82 Å². The maximum atomic E-state index is 13.7. The van der Waals surface area contributed by atoms with Crippen molar-refractivity contribution in [1.29, 1.82) is 0 Å². The van der Waals surface area contributed by atoms with Crippen molar-refractivity contribution >= 4 is 0 Å². The summed E-state index contributed by atoms with van der Waals surface area (Å²) in [7, 11) is 0. The molecule has 0 saturated carbocycles. The second-order valence-corrected chi connectivity index (χ2v) is 6.26. The third kappa shape index (κ3) is 3.97. The van der Waals surface area contributed by atoms with Crippen LogP contribution >= 0.6 is 0 Å². The molecule has 2 N–H and O–H groups in total. The van der Waals surface area contributed by atoms with E-state index < -0.39 is 29.5 Å². The Bertz CT molecular complexity index is 946. The molecule has 150 valence electrons. The van der Waals surface area contributed by atoms with E-state index in [-0.39, 0.29) is 43.1 Å². The highest BCUT2D eigenvalue weighted by Gasteiger charge is 2.39. The van der Waals surface area contributed by atoms with Crippen LogP contribution in [0.25, 0.3) is 0 Å². The SMILES string of the molecule is C=C(/C=C(\N)Cc1cc(F)c(F)cc1F)N1CCn2c(nnc2C(F)(F)F)C1. The van der Waals surface area contributed by atoms with Crippen LogP contribution < -0.4 is 5.73 Å². The molecule has 2 heterocycles. The zero-order valence-corrected chi connectivity index (χ0v) is 14.4. The number of benzene rings is 1. The molecule has 1 aromatic heterocycles. The van der Waals surface area contributed by atoms with Crippen LogP contribution in [0.4, 0.5) is 26.3 Å². The van der Waals surface area contributed by atoms with Crippen molar-refractivity contribution in [2.24, 2.45) is 5.73 Å². The van der Waals surface area contributed by atoms with Gasteiger partial charge in [0.15, 0.2) is 17.5 Å². The van der Waals surface area contributed by atoms with E-state index >= 15 is 0 Å². The van der Waals surface area contributed by atoms with Gasteiger partial charge >= 0.3 is 6.18 Å². The highest BCUT2D eigenvalue weighted by Crippen LogP contribution is 2.30. The van der Waals surface area contributed by atoms with E-state index in [4.69, 9.17) is 5.73 Å². The van der Waals surface area contributed by atoms with Crippen molar-refractivity contribution < 1.29 is 26.3 Å². The minimum Gasteiger partial charge on any atom is -0.402 e. The van der Waals surface area contributed by atoms with Crippen LogP contribution in [-0.2, 0) is 25.7 Å². The van der Waals surface area contributed by atoms with Gasteiger partial charge in [-0.05, 0) is 17.7 Å². The molecule has 5 nitrogen and oxygen atoms in total. The van der Waals surface area contributed by atoms with Crippen LogP contribution in [-0.4, -0.2) is 26.2 Å². The molecule has 2 aromatic rings. The Labute approximate surface area is 155 Å². The van der Waals surface area contributed by atoms with Crippen LogP contribution in [0.2, 0.25) is 0 Å². The number of alkyl halides is 3. The minimum atomic E-state index is -4.59. The van der Waals surface area contributed by atoms with E-state index in [0.717, 1.165) is 10.6 Å². The maximum Gasteiger partial charge on any atom is 0.451 e. The largest absolute Gasteiger partial charge is 0.451 e. The van der Waals surface area contributed by atoms with Crippen LogP contribution in [0.15, 0.2) is 36.2 Å². The van der Waals surface area contributed by atoms with Gasteiger partial charge in [0, 0.05) is 37.0 Å². The van der Waals surface area contributed by atoms with E-state index in [1.807, 2.05) is 0 Å². The van der Waals surface area contributed by atoms with E-state index in [1.54, 1.807) is 4.90 Å². The van der Waals surface area contributed by atoms with Crippen LogP contribution in [0, 0.1) is 17.5 Å². The molecule has 28 heavy (non-hydrogen) atoms. The Morgan fingerprint density at radius 3 is 2.46 bits per heavy atom. The number of nitrogens with two attached hydrogens (primary N) is 1. The van der Waals surface area contributed by atoms with E-state index in [0.29, 0.717) is 11.8 Å². The summed E-state index contributed by atoms with van der Waals surface area (Å²) in [5.41, 5.74) is 6.19. The molecule has 1 aromatic carbocycles. The fourth-order valence-corrected chi connectivity index (χ4v) is 2.89. The number of halogens is 6. The Morgan fingerprint density at radius 1 is 1.11 bits per heavy atom. The van der Waals surface area contributed by atoms with Gasteiger partial charge in [-0.15, -0.1) is 10.2 Å². The highest BCUT2D eigenvalue weighted by molar-refractivity contribution is 5.28. The molecule has 0 spiro atoms. The van der Waals surface area contributed by atoms with Crippen LogP contribution in [0.3, 0.4) is 0 Å². The smallest absolute Gasteiger partial charge is 0.402 e. The Kier molecular flexibility index (Phi) is 5.09. The zero-order valence-electron chi connectivity index (χ0n) is 14.4. The number of rotatable bonds is 4. The first kappa shape index (κ1) is 19.8. The monoisotopic (exact) mass is 403 g/mol. The predicted octanol–water partition coefficient (Wildman–Crippen LogP) is 3.13. The van der Waals surface area contributed by atoms with Crippen molar-refractivity contribution in [2.45, 2.75) is 25.7 Å². The van der Waals surface area contributed by atoms with Gasteiger partial charge in [-0.3, -0.25) is 0 Å². The standard InChI is InChI=1S/C17H15F6N5/c1-9(4-11(24)5-10-6-13(19)14(20)7-12(10)18)27-2-3-28-15(8-27)25-26-16(28)17(21,22)23/h4,6-7H,1-3,5,8,24H2/b11-4-.